The van der Waals surface area contributed by atoms with Crippen LogP contribution in [0.4, 0.5) is 14.7 Å². The Hall–Kier alpha value is -3.13. The molecule has 3 heterocycles. The van der Waals surface area contributed by atoms with Crippen LogP contribution in [0.2, 0.25) is 0 Å². The van der Waals surface area contributed by atoms with E-state index in [0.717, 1.165) is 5.56 Å². The highest BCUT2D eigenvalue weighted by Gasteiger charge is 2.29. The molecule has 1 aliphatic heterocycles. The fourth-order valence-corrected chi connectivity index (χ4v) is 3.30. The molecule has 144 valence electrons. The minimum absolute atomic E-state index is 0.109. The molecular formula is C20H18F2N4O2. The Bertz CT molecular complexity index is 1040. The summed E-state index contributed by atoms with van der Waals surface area (Å²) in [7, 11) is 1.62. The van der Waals surface area contributed by atoms with Crippen molar-refractivity contribution in [2.45, 2.75) is 6.10 Å². The summed E-state index contributed by atoms with van der Waals surface area (Å²) in [6.45, 7) is 0.887. The number of anilines is 1. The van der Waals surface area contributed by atoms with E-state index in [1.54, 1.807) is 31.6 Å². The van der Waals surface area contributed by atoms with Crippen molar-refractivity contribution in [3.05, 3.63) is 76.3 Å². The van der Waals surface area contributed by atoms with Crippen LogP contribution in [0.5, 0.6) is 0 Å². The number of hydrogen-bond donors (Lipinski definition) is 0. The molecule has 1 aliphatic rings. The Morgan fingerprint density at radius 1 is 1.14 bits per heavy atom. The first-order valence-electron chi connectivity index (χ1n) is 8.83. The molecule has 1 fully saturated rings. The van der Waals surface area contributed by atoms with E-state index in [1.807, 2.05) is 4.90 Å². The van der Waals surface area contributed by atoms with Gasteiger partial charge >= 0.3 is 0 Å². The molecule has 0 saturated carbocycles. The minimum atomic E-state index is -0.795. The van der Waals surface area contributed by atoms with E-state index >= 15 is 0 Å². The van der Waals surface area contributed by atoms with Gasteiger partial charge in [0, 0.05) is 37.6 Å². The zero-order chi connectivity index (χ0) is 19.7. The summed E-state index contributed by atoms with van der Waals surface area (Å²) >= 11 is 0. The van der Waals surface area contributed by atoms with Crippen molar-refractivity contribution in [2.24, 2.45) is 7.05 Å². The third-order valence-electron chi connectivity index (χ3n) is 4.76. The predicted octanol–water partition coefficient (Wildman–Crippen LogP) is 2.70. The van der Waals surface area contributed by atoms with E-state index in [1.165, 1.54) is 28.8 Å². The molecule has 0 N–H and O–H groups in total. The Kier molecular flexibility index (Phi) is 4.87. The third-order valence-corrected chi connectivity index (χ3v) is 4.76. The van der Waals surface area contributed by atoms with Crippen LogP contribution in [0.15, 0.2) is 53.6 Å². The molecule has 0 radical (unpaired) electrons. The van der Waals surface area contributed by atoms with E-state index in [0.29, 0.717) is 18.2 Å². The van der Waals surface area contributed by atoms with Crippen molar-refractivity contribution in [3.8, 4) is 11.3 Å². The molecule has 1 aromatic carbocycles. The molecule has 8 heteroatoms. The second kappa shape index (κ2) is 7.47. The van der Waals surface area contributed by atoms with Gasteiger partial charge in [0.25, 0.3) is 5.56 Å². The molecule has 1 atom stereocenters. The van der Waals surface area contributed by atoms with Gasteiger partial charge in [-0.1, -0.05) is 6.07 Å². The van der Waals surface area contributed by atoms with Gasteiger partial charge in [-0.25, -0.2) is 13.8 Å². The molecule has 0 aliphatic carbocycles. The topological polar surface area (TPSA) is 60.2 Å². The molecule has 1 saturated heterocycles. The summed E-state index contributed by atoms with van der Waals surface area (Å²) < 4.78 is 35.4. The largest absolute Gasteiger partial charge is 0.370 e. The summed E-state index contributed by atoms with van der Waals surface area (Å²) in [5.74, 6) is -0.886. The lowest BCUT2D eigenvalue weighted by atomic mass is 10.1. The number of benzene rings is 1. The highest BCUT2D eigenvalue weighted by Crippen LogP contribution is 2.29. The number of ether oxygens (including phenoxy) is 1. The standard InChI is InChI=1S/C20H18F2N4O2/c1-25-18(27)11-16(13-5-7-23-8-6-13)24-20(25)26-9-10-28-17(12-26)19-14(21)3-2-4-15(19)22/h2-8,11,17H,9-10,12H2,1H3. The smallest absolute Gasteiger partial charge is 0.255 e. The first-order chi connectivity index (χ1) is 13.5. The van der Waals surface area contributed by atoms with Crippen molar-refractivity contribution >= 4 is 5.95 Å². The van der Waals surface area contributed by atoms with Gasteiger partial charge in [-0.2, -0.15) is 0 Å². The number of aromatic nitrogens is 3. The van der Waals surface area contributed by atoms with Crippen LogP contribution in [0.1, 0.15) is 11.7 Å². The summed E-state index contributed by atoms with van der Waals surface area (Å²) in [6.07, 6.45) is 2.45. The lowest BCUT2D eigenvalue weighted by Gasteiger charge is -2.34. The van der Waals surface area contributed by atoms with Crippen LogP contribution in [-0.4, -0.2) is 34.2 Å². The maximum atomic E-state index is 14.2. The van der Waals surface area contributed by atoms with Crippen molar-refractivity contribution in [1.29, 1.82) is 0 Å². The van der Waals surface area contributed by atoms with E-state index in [9.17, 15) is 13.6 Å². The summed E-state index contributed by atoms with van der Waals surface area (Å²) in [6, 6.07) is 8.72. The molecule has 0 bridgehead atoms. The maximum absolute atomic E-state index is 14.2. The monoisotopic (exact) mass is 384 g/mol. The summed E-state index contributed by atoms with van der Waals surface area (Å²) in [4.78, 5) is 22.9. The molecular weight excluding hydrogens is 366 g/mol. The Balaban J connectivity index is 1.71. The first-order valence-corrected chi connectivity index (χ1v) is 8.83. The molecule has 28 heavy (non-hydrogen) atoms. The second-order valence-electron chi connectivity index (χ2n) is 6.52. The Morgan fingerprint density at radius 3 is 2.57 bits per heavy atom. The minimum Gasteiger partial charge on any atom is -0.370 e. The molecule has 3 aromatic rings. The van der Waals surface area contributed by atoms with Gasteiger partial charge in [-0.05, 0) is 24.3 Å². The van der Waals surface area contributed by atoms with Crippen molar-refractivity contribution in [2.75, 3.05) is 24.6 Å². The number of rotatable bonds is 3. The van der Waals surface area contributed by atoms with E-state index in [4.69, 9.17) is 4.74 Å². The number of pyridine rings is 1. The van der Waals surface area contributed by atoms with Gasteiger partial charge in [0.2, 0.25) is 5.95 Å². The van der Waals surface area contributed by atoms with E-state index in [2.05, 4.69) is 9.97 Å². The van der Waals surface area contributed by atoms with Gasteiger partial charge in [0.15, 0.2) is 0 Å². The number of morpholine rings is 1. The van der Waals surface area contributed by atoms with Gasteiger partial charge in [0.1, 0.15) is 17.7 Å². The quantitative estimate of drug-likeness (QED) is 0.695. The zero-order valence-electron chi connectivity index (χ0n) is 15.2. The lowest BCUT2D eigenvalue weighted by Crippen LogP contribution is -2.42. The highest BCUT2D eigenvalue weighted by molar-refractivity contribution is 5.59. The number of hydrogen-bond acceptors (Lipinski definition) is 5. The second-order valence-corrected chi connectivity index (χ2v) is 6.52. The van der Waals surface area contributed by atoms with Gasteiger partial charge in [-0.15, -0.1) is 0 Å². The van der Waals surface area contributed by atoms with Crippen LogP contribution in [-0.2, 0) is 11.8 Å². The fourth-order valence-electron chi connectivity index (χ4n) is 3.30. The van der Waals surface area contributed by atoms with Crippen LogP contribution >= 0.6 is 0 Å². The molecule has 1 unspecified atom stereocenters. The Labute approximate surface area is 160 Å². The maximum Gasteiger partial charge on any atom is 0.255 e. The molecule has 0 amide bonds. The van der Waals surface area contributed by atoms with Gasteiger partial charge in [0.05, 0.1) is 24.4 Å². The third kappa shape index (κ3) is 3.38. The normalized spacial score (nSPS) is 17.0. The van der Waals surface area contributed by atoms with Crippen LogP contribution in [0.3, 0.4) is 0 Å². The Morgan fingerprint density at radius 2 is 1.86 bits per heavy atom. The number of nitrogens with zero attached hydrogens (tertiary/aromatic N) is 4. The lowest BCUT2D eigenvalue weighted by molar-refractivity contribution is 0.0343. The molecule has 6 nitrogen and oxygen atoms in total. The first kappa shape index (κ1) is 18.2. The van der Waals surface area contributed by atoms with E-state index in [-0.39, 0.29) is 24.3 Å². The number of halogens is 2. The average molecular weight is 384 g/mol. The van der Waals surface area contributed by atoms with Crippen molar-refractivity contribution in [1.82, 2.24) is 14.5 Å². The SMILES string of the molecule is Cn1c(N2CCOC(c3c(F)cccc3F)C2)nc(-c2ccncc2)cc1=O. The van der Waals surface area contributed by atoms with Crippen molar-refractivity contribution in [3.63, 3.8) is 0 Å². The summed E-state index contributed by atoms with van der Waals surface area (Å²) in [5.41, 5.74) is 0.943. The van der Waals surface area contributed by atoms with E-state index < -0.39 is 17.7 Å². The molecule has 2 aromatic heterocycles. The summed E-state index contributed by atoms with van der Waals surface area (Å²) in [5, 5.41) is 0. The van der Waals surface area contributed by atoms with Crippen LogP contribution in [0, 0.1) is 11.6 Å². The fraction of sp³-hybridized carbons (Fsp3) is 0.250. The van der Waals surface area contributed by atoms with Gasteiger partial charge in [-0.3, -0.25) is 14.3 Å². The molecule has 0 spiro atoms. The highest BCUT2D eigenvalue weighted by atomic mass is 19.1. The average Bonchev–Trinajstić information content (AvgIpc) is 2.71. The molecule has 4 rings (SSSR count). The van der Waals surface area contributed by atoms with Crippen LogP contribution < -0.4 is 10.5 Å². The van der Waals surface area contributed by atoms with Crippen LogP contribution in [0.25, 0.3) is 11.3 Å². The van der Waals surface area contributed by atoms with Crippen molar-refractivity contribution < 1.29 is 13.5 Å². The predicted molar refractivity (Wildman–Crippen MR) is 100.0 cm³/mol. The van der Waals surface area contributed by atoms with Gasteiger partial charge < -0.3 is 9.64 Å². The zero-order valence-corrected chi connectivity index (χ0v) is 15.2.